The average Bonchev–Trinajstić information content (AvgIpc) is 2.82. The number of sulfonamides is 1. The molecule has 0 aliphatic heterocycles. The Morgan fingerprint density at radius 1 is 0.778 bits per heavy atom. The zero-order valence-electron chi connectivity index (χ0n) is 20.5. The van der Waals surface area contributed by atoms with Crippen LogP contribution in [0.3, 0.4) is 0 Å². The van der Waals surface area contributed by atoms with Crippen LogP contribution in [0.4, 0.5) is 11.4 Å². The molecule has 0 aliphatic carbocycles. The van der Waals surface area contributed by atoms with E-state index in [0.29, 0.717) is 28.3 Å². The first kappa shape index (κ1) is 26.7. The highest BCUT2D eigenvalue weighted by atomic mass is 32.2. The van der Waals surface area contributed by atoms with Gasteiger partial charge in [0.25, 0.3) is 0 Å². The Morgan fingerprint density at radius 3 is 1.78 bits per heavy atom. The minimum Gasteiger partial charge on any atom is -0.497 e. The predicted octanol–water partition coefficient (Wildman–Crippen LogP) is 4.57. The van der Waals surface area contributed by atoms with Crippen LogP contribution in [0.5, 0.6) is 5.75 Å². The van der Waals surface area contributed by atoms with E-state index in [4.69, 9.17) is 4.74 Å². The van der Waals surface area contributed by atoms with Gasteiger partial charge in [-0.2, -0.15) is 0 Å². The van der Waals surface area contributed by atoms with Crippen LogP contribution >= 0.6 is 0 Å². The second-order valence-electron chi connectivity index (χ2n) is 8.97. The minimum absolute atomic E-state index is 0.169. The van der Waals surface area contributed by atoms with E-state index >= 15 is 0 Å². The van der Waals surface area contributed by atoms with Gasteiger partial charge in [0.2, 0.25) is 21.8 Å². The van der Waals surface area contributed by atoms with Crippen LogP contribution in [0.15, 0.2) is 89.8 Å². The normalized spacial score (nSPS) is 11.8. The molecule has 36 heavy (non-hydrogen) atoms. The first-order valence-corrected chi connectivity index (χ1v) is 12.6. The number of carbonyl (C=O) groups excluding carboxylic acids is 2. The maximum absolute atomic E-state index is 12.9. The first-order valence-electron chi connectivity index (χ1n) is 11.1. The van der Waals surface area contributed by atoms with Crippen LogP contribution in [0, 0.1) is 0 Å². The molecule has 3 aromatic rings. The zero-order valence-corrected chi connectivity index (χ0v) is 21.3. The van der Waals surface area contributed by atoms with Gasteiger partial charge in [0, 0.05) is 34.6 Å². The summed E-state index contributed by atoms with van der Waals surface area (Å²) in [5, 5.41) is 5.33. The van der Waals surface area contributed by atoms with Gasteiger partial charge in [0.05, 0.1) is 12.0 Å². The van der Waals surface area contributed by atoms with Gasteiger partial charge in [-0.1, -0.05) is 30.3 Å². The molecule has 2 amide bonds. The van der Waals surface area contributed by atoms with Crippen molar-refractivity contribution in [2.24, 2.45) is 0 Å². The van der Waals surface area contributed by atoms with Crippen molar-refractivity contribution in [2.75, 3.05) is 17.7 Å². The van der Waals surface area contributed by atoms with E-state index in [1.165, 1.54) is 0 Å². The maximum atomic E-state index is 12.9. The van der Waals surface area contributed by atoms with E-state index in [0.717, 1.165) is 12.2 Å². The van der Waals surface area contributed by atoms with E-state index in [2.05, 4.69) is 15.4 Å². The Labute approximate surface area is 211 Å². The fourth-order valence-electron chi connectivity index (χ4n) is 3.32. The smallest absolute Gasteiger partial charge is 0.248 e. The third kappa shape index (κ3) is 7.53. The van der Waals surface area contributed by atoms with Crippen molar-refractivity contribution >= 4 is 33.2 Å². The van der Waals surface area contributed by atoms with Crippen molar-refractivity contribution < 1.29 is 22.7 Å². The highest BCUT2D eigenvalue weighted by Crippen LogP contribution is 2.29. The third-order valence-corrected chi connectivity index (χ3v) is 6.64. The fraction of sp³-hybridized carbons (Fsp3) is 0.185. The molecule has 0 radical (unpaired) electrons. The van der Waals surface area contributed by atoms with E-state index in [-0.39, 0.29) is 4.90 Å². The van der Waals surface area contributed by atoms with Gasteiger partial charge in [-0.05, 0) is 68.8 Å². The van der Waals surface area contributed by atoms with Crippen molar-refractivity contribution in [3.8, 4) is 16.9 Å². The Kier molecular flexibility index (Phi) is 8.29. The Morgan fingerprint density at radius 2 is 1.28 bits per heavy atom. The van der Waals surface area contributed by atoms with E-state index < -0.39 is 27.4 Å². The number of hydrogen-bond acceptors (Lipinski definition) is 5. The Bertz CT molecular complexity index is 1360. The second-order valence-corrected chi connectivity index (χ2v) is 10.6. The Hall–Kier alpha value is -3.95. The standard InChI is InChI=1S/C27H29N3O5S/c1-27(2,3)30-36(33,34)24-8-6-5-7-23(24)19-9-11-20(12-10-19)28-25(31)17-18-26(32)29-21-13-15-22(35-4)16-14-21/h5-18,30H,1-4H3,(H,28,31)(H,29,32). The monoisotopic (exact) mass is 507 g/mol. The van der Waals surface area contributed by atoms with Crippen LogP contribution in [0.25, 0.3) is 11.1 Å². The number of nitrogens with one attached hydrogen (secondary N) is 3. The van der Waals surface area contributed by atoms with Gasteiger partial charge < -0.3 is 15.4 Å². The number of amides is 2. The van der Waals surface area contributed by atoms with Gasteiger partial charge in [0.1, 0.15) is 5.75 Å². The Balaban J connectivity index is 1.66. The highest BCUT2D eigenvalue weighted by Gasteiger charge is 2.24. The first-order chi connectivity index (χ1) is 17.0. The number of benzene rings is 3. The molecule has 0 saturated heterocycles. The van der Waals surface area contributed by atoms with Crippen LogP contribution in [0.2, 0.25) is 0 Å². The van der Waals surface area contributed by atoms with Crippen molar-refractivity contribution in [1.29, 1.82) is 0 Å². The number of carbonyl (C=O) groups is 2. The summed E-state index contributed by atoms with van der Waals surface area (Å²) in [4.78, 5) is 24.5. The van der Waals surface area contributed by atoms with E-state index in [1.807, 2.05) is 0 Å². The molecule has 0 unspecified atom stereocenters. The highest BCUT2D eigenvalue weighted by molar-refractivity contribution is 7.89. The van der Waals surface area contributed by atoms with Crippen molar-refractivity contribution in [1.82, 2.24) is 4.72 Å². The molecule has 0 heterocycles. The van der Waals surface area contributed by atoms with Gasteiger partial charge in [-0.15, -0.1) is 0 Å². The summed E-state index contributed by atoms with van der Waals surface area (Å²) in [6, 6.07) is 20.3. The maximum Gasteiger partial charge on any atom is 0.248 e. The number of methoxy groups -OCH3 is 1. The molecule has 188 valence electrons. The summed E-state index contributed by atoms with van der Waals surface area (Å²) in [6.45, 7) is 5.34. The van der Waals surface area contributed by atoms with Crippen LogP contribution in [-0.4, -0.2) is 32.9 Å². The lowest BCUT2D eigenvalue weighted by Crippen LogP contribution is -2.40. The van der Waals surface area contributed by atoms with E-state index in [1.54, 1.807) is 101 Å². The molecule has 0 fully saturated rings. The predicted molar refractivity (Wildman–Crippen MR) is 141 cm³/mol. The molecule has 0 spiro atoms. The lowest BCUT2D eigenvalue weighted by atomic mass is 10.1. The molecule has 0 bridgehead atoms. The van der Waals surface area contributed by atoms with Crippen molar-refractivity contribution in [3.63, 3.8) is 0 Å². The topological polar surface area (TPSA) is 114 Å². The van der Waals surface area contributed by atoms with Gasteiger partial charge >= 0.3 is 0 Å². The lowest BCUT2D eigenvalue weighted by Gasteiger charge is -2.21. The summed E-state index contributed by atoms with van der Waals surface area (Å²) in [7, 11) is -2.19. The summed E-state index contributed by atoms with van der Waals surface area (Å²) in [6.07, 6.45) is 2.27. The van der Waals surface area contributed by atoms with Gasteiger partial charge in [0.15, 0.2) is 0 Å². The molecule has 9 heteroatoms. The summed E-state index contributed by atoms with van der Waals surface area (Å²) in [5.74, 6) is -0.266. The van der Waals surface area contributed by atoms with Crippen LogP contribution < -0.4 is 20.1 Å². The SMILES string of the molecule is COc1ccc(NC(=O)C=CC(=O)Nc2ccc(-c3ccccc3S(=O)(=O)NC(C)(C)C)cc2)cc1. The van der Waals surface area contributed by atoms with Gasteiger partial charge in [-0.3, -0.25) is 9.59 Å². The molecule has 0 aromatic heterocycles. The molecule has 0 atom stereocenters. The zero-order chi connectivity index (χ0) is 26.3. The second kappa shape index (κ2) is 11.2. The summed E-state index contributed by atoms with van der Waals surface area (Å²) >= 11 is 0. The molecule has 0 saturated carbocycles. The van der Waals surface area contributed by atoms with E-state index in [9.17, 15) is 18.0 Å². The van der Waals surface area contributed by atoms with Gasteiger partial charge in [-0.25, -0.2) is 13.1 Å². The summed E-state index contributed by atoms with van der Waals surface area (Å²) in [5.41, 5.74) is 1.66. The number of ether oxygens (including phenoxy) is 1. The molecule has 3 rings (SSSR count). The van der Waals surface area contributed by atoms with Crippen molar-refractivity contribution in [2.45, 2.75) is 31.2 Å². The van der Waals surface area contributed by atoms with Crippen LogP contribution in [0.1, 0.15) is 20.8 Å². The molecule has 0 aliphatic rings. The number of hydrogen-bond donors (Lipinski definition) is 3. The number of rotatable bonds is 8. The average molecular weight is 508 g/mol. The number of anilines is 2. The molecule has 8 nitrogen and oxygen atoms in total. The van der Waals surface area contributed by atoms with Crippen molar-refractivity contribution in [3.05, 3.63) is 84.9 Å². The third-order valence-electron chi connectivity index (χ3n) is 4.82. The molecular formula is C27H29N3O5S. The summed E-state index contributed by atoms with van der Waals surface area (Å²) < 4.78 is 33.6. The fourth-order valence-corrected chi connectivity index (χ4v) is 4.97. The minimum atomic E-state index is -3.74. The molecular weight excluding hydrogens is 478 g/mol. The quantitative estimate of drug-likeness (QED) is 0.387. The lowest BCUT2D eigenvalue weighted by molar-refractivity contribution is -0.114. The molecule has 3 aromatic carbocycles. The molecule has 3 N–H and O–H groups in total. The largest absolute Gasteiger partial charge is 0.497 e. The van der Waals surface area contributed by atoms with Crippen LogP contribution in [-0.2, 0) is 19.6 Å².